The van der Waals surface area contributed by atoms with Crippen LogP contribution in [0, 0.1) is 0 Å². The molecule has 0 saturated carbocycles. The first-order chi connectivity index (χ1) is 15.0. The second kappa shape index (κ2) is 8.01. The van der Waals surface area contributed by atoms with Crippen LogP contribution in [0.25, 0.3) is 11.0 Å². The van der Waals surface area contributed by atoms with Crippen molar-refractivity contribution in [2.75, 3.05) is 45.6 Å². The predicted molar refractivity (Wildman–Crippen MR) is 125 cm³/mol. The van der Waals surface area contributed by atoms with Crippen molar-refractivity contribution in [2.24, 2.45) is 0 Å². The average Bonchev–Trinajstić information content (AvgIpc) is 3.19. The lowest BCUT2D eigenvalue weighted by Gasteiger charge is -2.33. The van der Waals surface area contributed by atoms with Crippen LogP contribution >= 0.6 is 11.9 Å². The molecule has 31 heavy (non-hydrogen) atoms. The number of carbonyl (C=O) groups excluding carboxylic acids is 1. The minimum Gasteiger partial charge on any atom is -0.492 e. The molecule has 0 atom stereocenters. The summed E-state index contributed by atoms with van der Waals surface area (Å²) >= 11 is 1.82. The highest BCUT2D eigenvalue weighted by Gasteiger charge is 2.41. The third kappa shape index (κ3) is 3.56. The molecule has 1 saturated heterocycles. The fraction of sp³-hybridized carbons (Fsp3) is 0.400. The quantitative estimate of drug-likeness (QED) is 0.546. The number of nitrogens with zero attached hydrogens (tertiary/aromatic N) is 2. The number of benzene rings is 2. The van der Waals surface area contributed by atoms with E-state index in [9.17, 15) is 4.79 Å². The molecule has 1 fully saturated rings. The zero-order valence-electron chi connectivity index (χ0n) is 18.3. The van der Waals surface area contributed by atoms with Gasteiger partial charge < -0.3 is 9.15 Å². The number of para-hydroxylation sites is 1. The molecule has 0 amide bonds. The molecule has 5 nitrogen and oxygen atoms in total. The average molecular weight is 437 g/mol. The van der Waals surface area contributed by atoms with E-state index in [0.717, 1.165) is 66.3 Å². The molecular formula is C25H28N2O3S. The fourth-order valence-electron chi connectivity index (χ4n) is 4.72. The molecule has 2 aromatic carbocycles. The third-order valence-electron chi connectivity index (χ3n) is 6.56. The summed E-state index contributed by atoms with van der Waals surface area (Å²) in [7, 11) is 0. The lowest BCUT2D eigenvalue weighted by atomic mass is 9.72. The second-order valence-electron chi connectivity index (χ2n) is 8.77. The maximum Gasteiger partial charge on any atom is 0.197 e. The van der Waals surface area contributed by atoms with E-state index in [1.807, 2.05) is 54.4 Å². The third-order valence-corrected chi connectivity index (χ3v) is 7.45. The molecular weight excluding hydrogens is 408 g/mol. The van der Waals surface area contributed by atoms with Crippen molar-refractivity contribution in [2.45, 2.75) is 19.3 Å². The van der Waals surface area contributed by atoms with Gasteiger partial charge in [0.1, 0.15) is 23.7 Å². The van der Waals surface area contributed by atoms with Gasteiger partial charge in [-0.3, -0.25) is 9.69 Å². The Labute approximate surface area is 187 Å². The zero-order valence-corrected chi connectivity index (χ0v) is 19.1. The van der Waals surface area contributed by atoms with E-state index in [2.05, 4.69) is 29.3 Å². The number of ketones is 1. The molecule has 162 valence electrons. The molecule has 1 aliphatic carbocycles. The van der Waals surface area contributed by atoms with Crippen molar-refractivity contribution in [3.8, 4) is 5.75 Å². The van der Waals surface area contributed by atoms with E-state index in [-0.39, 0.29) is 5.78 Å². The number of piperazine rings is 1. The van der Waals surface area contributed by atoms with Crippen molar-refractivity contribution in [1.82, 2.24) is 9.21 Å². The van der Waals surface area contributed by atoms with E-state index >= 15 is 0 Å². The number of hydrogen-bond acceptors (Lipinski definition) is 6. The molecule has 2 aliphatic rings. The first-order valence-electron chi connectivity index (χ1n) is 10.8. The predicted octanol–water partition coefficient (Wildman–Crippen LogP) is 4.58. The van der Waals surface area contributed by atoms with Crippen LogP contribution < -0.4 is 4.74 Å². The molecule has 2 heterocycles. The normalized spacial score (nSPS) is 18.7. The summed E-state index contributed by atoms with van der Waals surface area (Å²) < 4.78 is 14.7. The minimum atomic E-state index is -0.412. The Hall–Kier alpha value is -2.28. The first-order valence-corrected chi connectivity index (χ1v) is 12.0. The Kier molecular flexibility index (Phi) is 5.32. The minimum absolute atomic E-state index is 0.0347. The fourth-order valence-corrected chi connectivity index (χ4v) is 5.25. The first kappa shape index (κ1) is 20.6. The molecule has 0 bridgehead atoms. The van der Waals surface area contributed by atoms with E-state index in [1.165, 1.54) is 0 Å². The highest BCUT2D eigenvalue weighted by atomic mass is 32.2. The summed E-state index contributed by atoms with van der Waals surface area (Å²) in [5, 5.41) is 0.892. The van der Waals surface area contributed by atoms with E-state index in [0.29, 0.717) is 12.2 Å². The van der Waals surface area contributed by atoms with Gasteiger partial charge in [-0.25, -0.2) is 4.31 Å². The summed E-state index contributed by atoms with van der Waals surface area (Å²) in [6.45, 7) is 10.1. The summed E-state index contributed by atoms with van der Waals surface area (Å²) in [4.78, 5) is 15.8. The molecule has 6 heteroatoms. The number of hydrogen-bond donors (Lipinski definition) is 0. The Morgan fingerprint density at radius 2 is 1.87 bits per heavy atom. The summed E-state index contributed by atoms with van der Waals surface area (Å²) in [5.41, 5.74) is 2.76. The zero-order chi connectivity index (χ0) is 21.6. The van der Waals surface area contributed by atoms with E-state index in [1.54, 1.807) is 0 Å². The van der Waals surface area contributed by atoms with Crippen molar-refractivity contribution in [3.63, 3.8) is 0 Å². The highest BCUT2D eigenvalue weighted by Crippen LogP contribution is 2.46. The topological polar surface area (TPSA) is 45.9 Å². The van der Waals surface area contributed by atoms with Gasteiger partial charge in [0.05, 0.1) is 5.56 Å². The Bertz CT molecular complexity index is 1130. The number of rotatable bonds is 5. The Morgan fingerprint density at radius 1 is 1.10 bits per heavy atom. The van der Waals surface area contributed by atoms with Gasteiger partial charge in [-0.05, 0) is 49.9 Å². The van der Waals surface area contributed by atoms with Gasteiger partial charge in [-0.2, -0.15) is 0 Å². The van der Waals surface area contributed by atoms with Gasteiger partial charge in [-0.15, -0.1) is 0 Å². The van der Waals surface area contributed by atoms with Crippen LogP contribution in [-0.4, -0.2) is 60.6 Å². The molecule has 1 aromatic heterocycles. The van der Waals surface area contributed by atoms with Gasteiger partial charge in [-0.1, -0.05) is 30.1 Å². The molecule has 0 N–H and O–H groups in total. The summed E-state index contributed by atoms with van der Waals surface area (Å²) in [5.74, 6) is 1.59. The van der Waals surface area contributed by atoms with Crippen LogP contribution in [0.3, 0.4) is 0 Å². The van der Waals surface area contributed by atoms with Gasteiger partial charge >= 0.3 is 0 Å². The molecule has 0 spiro atoms. The van der Waals surface area contributed by atoms with Crippen molar-refractivity contribution < 1.29 is 13.9 Å². The highest BCUT2D eigenvalue weighted by molar-refractivity contribution is 7.96. The Balaban J connectivity index is 1.35. The lowest BCUT2D eigenvalue weighted by molar-refractivity contribution is 0.102. The van der Waals surface area contributed by atoms with Gasteiger partial charge in [0, 0.05) is 49.1 Å². The van der Waals surface area contributed by atoms with Crippen LogP contribution in [0.1, 0.15) is 41.1 Å². The number of ether oxygens (including phenoxy) is 1. The van der Waals surface area contributed by atoms with Gasteiger partial charge in [0.2, 0.25) is 0 Å². The smallest absolute Gasteiger partial charge is 0.197 e. The number of furan rings is 1. The van der Waals surface area contributed by atoms with Crippen molar-refractivity contribution in [1.29, 1.82) is 0 Å². The largest absolute Gasteiger partial charge is 0.492 e. The van der Waals surface area contributed by atoms with Gasteiger partial charge in [0.25, 0.3) is 0 Å². The number of carbonyl (C=O) groups is 1. The standard InChI is InChI=1S/C25H28N2O3S/c1-25(2)20-16-17(29-15-14-26-10-12-27(31-3)13-11-26)8-9-18(20)23(28)22-19-6-4-5-7-21(19)30-24(22)25/h4-9,16H,10-15H2,1-3H3. The lowest BCUT2D eigenvalue weighted by Crippen LogP contribution is -2.44. The Morgan fingerprint density at radius 3 is 2.65 bits per heavy atom. The maximum absolute atomic E-state index is 13.3. The van der Waals surface area contributed by atoms with Crippen molar-refractivity contribution in [3.05, 3.63) is 64.9 Å². The maximum atomic E-state index is 13.3. The molecule has 5 rings (SSSR count). The van der Waals surface area contributed by atoms with Crippen LogP contribution in [0.4, 0.5) is 0 Å². The summed E-state index contributed by atoms with van der Waals surface area (Å²) in [6, 6.07) is 13.6. The molecule has 3 aromatic rings. The van der Waals surface area contributed by atoms with Gasteiger partial charge in [0.15, 0.2) is 5.78 Å². The van der Waals surface area contributed by atoms with E-state index < -0.39 is 5.41 Å². The SMILES string of the molecule is CSN1CCN(CCOc2ccc3c(c2)C(C)(C)c2oc4ccccc4c2C3=O)CC1. The van der Waals surface area contributed by atoms with Crippen LogP contribution in [0.5, 0.6) is 5.75 Å². The van der Waals surface area contributed by atoms with Crippen molar-refractivity contribution >= 4 is 28.7 Å². The van der Waals surface area contributed by atoms with Crippen LogP contribution in [0.2, 0.25) is 0 Å². The van der Waals surface area contributed by atoms with Crippen LogP contribution in [0.15, 0.2) is 46.9 Å². The summed E-state index contributed by atoms with van der Waals surface area (Å²) in [6.07, 6.45) is 2.13. The molecule has 0 radical (unpaired) electrons. The molecule has 0 unspecified atom stereocenters. The van der Waals surface area contributed by atoms with E-state index in [4.69, 9.17) is 9.15 Å². The molecule has 1 aliphatic heterocycles. The second-order valence-corrected chi connectivity index (χ2v) is 9.65. The monoisotopic (exact) mass is 436 g/mol. The number of fused-ring (bicyclic) bond motifs is 4. The van der Waals surface area contributed by atoms with Crippen LogP contribution in [-0.2, 0) is 5.41 Å².